The molecule has 4 rings (SSSR count). The summed E-state index contributed by atoms with van der Waals surface area (Å²) < 4.78 is 1.60. The van der Waals surface area contributed by atoms with Crippen molar-refractivity contribution in [2.24, 2.45) is 5.41 Å². The molecule has 0 unspecified atom stereocenters. The summed E-state index contributed by atoms with van der Waals surface area (Å²) in [6, 6.07) is 5.86. The van der Waals surface area contributed by atoms with E-state index < -0.39 is 11.0 Å². The molecular formula is C18H19N5O3S. The summed E-state index contributed by atoms with van der Waals surface area (Å²) in [6.45, 7) is 4.09. The van der Waals surface area contributed by atoms with Crippen LogP contribution in [0, 0.1) is 15.5 Å². The van der Waals surface area contributed by atoms with E-state index in [2.05, 4.69) is 15.4 Å². The first-order valence-electron chi connectivity index (χ1n) is 8.58. The van der Waals surface area contributed by atoms with E-state index in [1.54, 1.807) is 22.9 Å². The van der Waals surface area contributed by atoms with E-state index in [1.807, 2.05) is 20.1 Å². The van der Waals surface area contributed by atoms with Gasteiger partial charge in [-0.25, -0.2) is 4.68 Å². The van der Waals surface area contributed by atoms with Gasteiger partial charge < -0.3 is 5.32 Å². The molecule has 2 heterocycles. The van der Waals surface area contributed by atoms with Crippen LogP contribution in [0.15, 0.2) is 40.7 Å². The molecule has 0 bridgehead atoms. The van der Waals surface area contributed by atoms with E-state index >= 15 is 0 Å². The molecule has 2 aromatic rings. The van der Waals surface area contributed by atoms with Crippen molar-refractivity contribution in [1.82, 2.24) is 14.8 Å². The van der Waals surface area contributed by atoms with Crippen molar-refractivity contribution in [1.29, 1.82) is 0 Å². The Morgan fingerprint density at radius 1 is 1.33 bits per heavy atom. The Labute approximate surface area is 160 Å². The molecular weight excluding hydrogens is 366 g/mol. The van der Waals surface area contributed by atoms with Crippen molar-refractivity contribution < 1.29 is 9.72 Å². The number of nitrogens with zero attached hydrogens (tertiary/aromatic N) is 4. The summed E-state index contributed by atoms with van der Waals surface area (Å²) in [5.41, 5.74) is 1.57. The number of para-hydroxylation sites is 1. The fourth-order valence-corrected chi connectivity index (χ4v) is 4.20. The first-order valence-corrected chi connectivity index (χ1v) is 9.80. The summed E-state index contributed by atoms with van der Waals surface area (Å²) in [5, 5.41) is 19.9. The first-order chi connectivity index (χ1) is 12.8. The maximum absolute atomic E-state index is 13.1. The van der Waals surface area contributed by atoms with Crippen LogP contribution >= 0.6 is 11.8 Å². The number of nitrogens with one attached hydrogen (secondary N) is 1. The number of aromatic nitrogens is 3. The zero-order valence-corrected chi connectivity index (χ0v) is 16.0. The van der Waals surface area contributed by atoms with Crippen molar-refractivity contribution in [2.45, 2.75) is 37.9 Å². The van der Waals surface area contributed by atoms with Crippen molar-refractivity contribution in [3.05, 3.63) is 51.2 Å². The molecule has 1 aromatic heterocycles. The highest BCUT2D eigenvalue weighted by Gasteiger charge is 2.43. The highest BCUT2D eigenvalue weighted by Crippen LogP contribution is 2.46. The lowest BCUT2D eigenvalue weighted by molar-refractivity contribution is -0.385. The molecule has 27 heavy (non-hydrogen) atoms. The van der Waals surface area contributed by atoms with Crippen LogP contribution in [-0.4, -0.2) is 31.7 Å². The van der Waals surface area contributed by atoms with Crippen LogP contribution < -0.4 is 5.32 Å². The molecule has 1 atom stereocenters. The van der Waals surface area contributed by atoms with Crippen LogP contribution in [0.4, 0.5) is 11.6 Å². The molecule has 0 saturated heterocycles. The molecule has 8 nitrogen and oxygen atoms in total. The third-order valence-electron chi connectivity index (χ3n) is 4.92. The van der Waals surface area contributed by atoms with E-state index in [0.717, 1.165) is 5.70 Å². The zero-order chi connectivity index (χ0) is 19.3. The second-order valence-corrected chi connectivity index (χ2v) is 8.32. The largest absolute Gasteiger partial charge is 0.328 e. The van der Waals surface area contributed by atoms with Gasteiger partial charge >= 0.3 is 0 Å². The number of hydrogen-bond acceptors (Lipinski definition) is 7. The number of carbonyl (C=O) groups is 1. The third-order valence-corrected chi connectivity index (χ3v) is 5.46. The van der Waals surface area contributed by atoms with Crippen LogP contribution in [-0.2, 0) is 4.79 Å². The number of carbonyl (C=O) groups excluding carboxylic acids is 1. The molecule has 140 valence electrons. The van der Waals surface area contributed by atoms with Crippen LogP contribution in [0.3, 0.4) is 0 Å². The minimum atomic E-state index is -0.658. The highest BCUT2D eigenvalue weighted by atomic mass is 32.2. The quantitative estimate of drug-likeness (QED) is 0.489. The Morgan fingerprint density at radius 3 is 2.78 bits per heavy atom. The van der Waals surface area contributed by atoms with Crippen LogP contribution in [0.1, 0.15) is 38.3 Å². The molecule has 1 N–H and O–H groups in total. The van der Waals surface area contributed by atoms with Gasteiger partial charge in [-0.1, -0.05) is 37.7 Å². The Bertz CT molecular complexity index is 995. The molecule has 1 aliphatic carbocycles. The van der Waals surface area contributed by atoms with Crippen molar-refractivity contribution in [3.63, 3.8) is 0 Å². The number of Topliss-reactive ketones (excluding diaryl/α,β-unsaturated/α-hetero) is 1. The molecule has 0 saturated carbocycles. The van der Waals surface area contributed by atoms with Crippen LogP contribution in [0.25, 0.3) is 0 Å². The zero-order valence-electron chi connectivity index (χ0n) is 15.2. The minimum absolute atomic E-state index is 0.0104. The standard InChI is InChI=1S/C18H19N5O3S/c1-18(2)8-11-14(13(24)9-18)15(10-6-4-5-7-12(10)23(25)26)22-16(19-11)20-17(21-22)27-3/h4-7,15H,8-9H2,1-3H3,(H,19,20,21)/t15-/m1/s1. The summed E-state index contributed by atoms with van der Waals surface area (Å²) in [4.78, 5) is 28.7. The number of ketones is 1. The molecule has 2 aliphatic rings. The van der Waals surface area contributed by atoms with Gasteiger partial charge in [-0.05, 0) is 24.2 Å². The fourth-order valence-electron chi connectivity index (χ4n) is 3.85. The van der Waals surface area contributed by atoms with E-state index in [0.29, 0.717) is 35.1 Å². The maximum Gasteiger partial charge on any atom is 0.275 e. The monoisotopic (exact) mass is 385 g/mol. The Balaban J connectivity index is 1.97. The van der Waals surface area contributed by atoms with Gasteiger partial charge in [0, 0.05) is 23.8 Å². The Morgan fingerprint density at radius 2 is 2.07 bits per heavy atom. The van der Waals surface area contributed by atoms with Gasteiger partial charge in [0.15, 0.2) is 5.78 Å². The summed E-state index contributed by atoms with van der Waals surface area (Å²) in [6.07, 6.45) is 2.93. The van der Waals surface area contributed by atoms with Crippen molar-refractivity contribution in [2.75, 3.05) is 11.6 Å². The second-order valence-electron chi connectivity index (χ2n) is 7.54. The van der Waals surface area contributed by atoms with Crippen molar-refractivity contribution >= 4 is 29.2 Å². The number of fused-ring (bicyclic) bond motifs is 1. The van der Waals surface area contributed by atoms with Crippen LogP contribution in [0.2, 0.25) is 0 Å². The normalized spacial score (nSPS) is 20.7. The van der Waals surface area contributed by atoms with Gasteiger partial charge in [-0.2, -0.15) is 4.98 Å². The number of anilines is 1. The smallest absolute Gasteiger partial charge is 0.275 e. The molecule has 1 aromatic carbocycles. The predicted molar refractivity (Wildman–Crippen MR) is 102 cm³/mol. The molecule has 0 spiro atoms. The number of thioether (sulfide) groups is 1. The molecule has 0 radical (unpaired) electrons. The number of rotatable bonds is 3. The molecule has 0 fully saturated rings. The van der Waals surface area contributed by atoms with Gasteiger partial charge in [0.1, 0.15) is 6.04 Å². The predicted octanol–water partition coefficient (Wildman–Crippen LogP) is 3.57. The second kappa shape index (κ2) is 6.19. The van der Waals surface area contributed by atoms with E-state index in [9.17, 15) is 14.9 Å². The van der Waals surface area contributed by atoms with Gasteiger partial charge in [0.05, 0.1) is 10.5 Å². The van der Waals surface area contributed by atoms with Crippen LogP contribution in [0.5, 0.6) is 0 Å². The number of benzene rings is 1. The Hall–Kier alpha value is -2.68. The summed E-state index contributed by atoms with van der Waals surface area (Å²) in [7, 11) is 0. The highest BCUT2D eigenvalue weighted by molar-refractivity contribution is 7.98. The lowest BCUT2D eigenvalue weighted by Gasteiger charge is -2.38. The van der Waals surface area contributed by atoms with Gasteiger partial charge in [0.25, 0.3) is 5.69 Å². The van der Waals surface area contributed by atoms with E-state index in [4.69, 9.17) is 0 Å². The number of hydrogen-bond donors (Lipinski definition) is 1. The third kappa shape index (κ3) is 2.91. The minimum Gasteiger partial charge on any atom is -0.328 e. The van der Waals surface area contributed by atoms with Gasteiger partial charge in [-0.3, -0.25) is 14.9 Å². The number of nitro groups is 1. The average molecular weight is 385 g/mol. The van der Waals surface area contributed by atoms with E-state index in [1.165, 1.54) is 17.8 Å². The summed E-state index contributed by atoms with van der Waals surface area (Å²) in [5.74, 6) is 0.496. The molecule has 0 amide bonds. The lowest BCUT2D eigenvalue weighted by atomic mass is 9.73. The lowest BCUT2D eigenvalue weighted by Crippen LogP contribution is -2.36. The Kier molecular flexibility index (Phi) is 4.06. The fraction of sp³-hybridized carbons (Fsp3) is 0.389. The molecule has 1 aliphatic heterocycles. The van der Waals surface area contributed by atoms with E-state index in [-0.39, 0.29) is 16.9 Å². The average Bonchev–Trinajstić information content (AvgIpc) is 3.01. The topological polar surface area (TPSA) is 103 Å². The SMILES string of the molecule is CSc1nc2n(n1)[C@H](c1ccccc1[N+](=O)[O-])C1=C(CC(C)(C)CC1=O)N2. The van der Waals surface area contributed by atoms with Crippen molar-refractivity contribution in [3.8, 4) is 0 Å². The number of nitro benzene ring substituents is 1. The first kappa shape index (κ1) is 17.7. The molecule has 9 heteroatoms. The summed E-state index contributed by atoms with van der Waals surface area (Å²) >= 11 is 1.38. The van der Waals surface area contributed by atoms with Gasteiger partial charge in [0.2, 0.25) is 11.1 Å². The number of allylic oxidation sites excluding steroid dienone is 2. The van der Waals surface area contributed by atoms with Gasteiger partial charge in [-0.15, -0.1) is 5.10 Å². The maximum atomic E-state index is 13.1.